The Bertz CT molecular complexity index is 749. The predicted octanol–water partition coefficient (Wildman–Crippen LogP) is 3.86. The van der Waals surface area contributed by atoms with Crippen LogP contribution < -0.4 is 10.1 Å². The van der Waals surface area contributed by atoms with E-state index in [0.717, 1.165) is 22.3 Å². The quantitative estimate of drug-likeness (QED) is 0.861. The largest absolute Gasteiger partial charge is 0.488 e. The van der Waals surface area contributed by atoms with Gasteiger partial charge in [-0.3, -0.25) is 9.79 Å². The lowest BCUT2D eigenvalue weighted by Crippen LogP contribution is -2.27. The fourth-order valence-corrected chi connectivity index (χ4v) is 3.31. The molecule has 0 spiro atoms. The van der Waals surface area contributed by atoms with Gasteiger partial charge in [0.2, 0.25) is 0 Å². The topological polar surface area (TPSA) is 50.7 Å². The number of nitrogens with one attached hydrogen (secondary N) is 1. The Morgan fingerprint density at radius 2 is 2.13 bits per heavy atom. The van der Waals surface area contributed by atoms with Crippen LogP contribution in [0.4, 0.5) is 0 Å². The van der Waals surface area contributed by atoms with Crippen LogP contribution in [0.1, 0.15) is 15.9 Å². The molecule has 0 aromatic heterocycles. The Morgan fingerprint density at radius 3 is 2.91 bits per heavy atom. The van der Waals surface area contributed by atoms with E-state index in [1.807, 2.05) is 36.4 Å². The van der Waals surface area contributed by atoms with Gasteiger partial charge in [0.1, 0.15) is 12.4 Å². The number of thioether (sulfide) groups is 1. The number of rotatable bonds is 4. The molecule has 4 nitrogen and oxygen atoms in total. The molecular weight excluding hydrogens is 376 g/mol. The van der Waals surface area contributed by atoms with Crippen molar-refractivity contribution in [1.29, 1.82) is 0 Å². The van der Waals surface area contributed by atoms with E-state index in [2.05, 4.69) is 26.2 Å². The molecule has 1 heterocycles. The molecule has 1 amide bonds. The molecule has 0 saturated heterocycles. The summed E-state index contributed by atoms with van der Waals surface area (Å²) in [5, 5.41) is 3.51. The zero-order valence-electron chi connectivity index (χ0n) is 12.3. The molecule has 0 unspecified atom stereocenters. The molecular formula is C17H15BrN2O2S. The maximum atomic E-state index is 12.4. The van der Waals surface area contributed by atoms with Crippen LogP contribution >= 0.6 is 27.7 Å². The van der Waals surface area contributed by atoms with Gasteiger partial charge in [-0.2, -0.15) is 0 Å². The minimum Gasteiger partial charge on any atom is -0.488 e. The molecule has 0 fully saturated rings. The van der Waals surface area contributed by atoms with Gasteiger partial charge in [-0.25, -0.2) is 0 Å². The first kappa shape index (κ1) is 16.1. The zero-order valence-corrected chi connectivity index (χ0v) is 14.7. The highest BCUT2D eigenvalue weighted by atomic mass is 79.9. The number of halogens is 1. The average molecular weight is 391 g/mol. The maximum Gasteiger partial charge on any atom is 0.260 e. The van der Waals surface area contributed by atoms with Gasteiger partial charge in [0.15, 0.2) is 5.17 Å². The first-order valence-electron chi connectivity index (χ1n) is 7.17. The van der Waals surface area contributed by atoms with Crippen molar-refractivity contribution < 1.29 is 9.53 Å². The second-order valence-corrected chi connectivity index (χ2v) is 6.90. The normalized spacial score (nSPS) is 13.5. The van der Waals surface area contributed by atoms with Crippen molar-refractivity contribution in [3.63, 3.8) is 0 Å². The van der Waals surface area contributed by atoms with E-state index in [0.29, 0.717) is 23.1 Å². The number of hydrogen-bond donors (Lipinski definition) is 1. The van der Waals surface area contributed by atoms with Gasteiger partial charge in [0, 0.05) is 10.2 Å². The zero-order chi connectivity index (χ0) is 16.1. The predicted molar refractivity (Wildman–Crippen MR) is 97.1 cm³/mol. The van der Waals surface area contributed by atoms with Crippen molar-refractivity contribution in [3.8, 4) is 5.75 Å². The summed E-state index contributed by atoms with van der Waals surface area (Å²) in [7, 11) is 0. The highest BCUT2D eigenvalue weighted by molar-refractivity contribution is 9.10. The first-order chi connectivity index (χ1) is 11.2. The minimum absolute atomic E-state index is 0.192. The lowest BCUT2D eigenvalue weighted by atomic mass is 10.2. The Kier molecular flexibility index (Phi) is 5.35. The number of nitrogens with zero attached hydrogens (tertiary/aromatic N) is 1. The van der Waals surface area contributed by atoms with Crippen molar-refractivity contribution in [1.82, 2.24) is 5.32 Å². The molecule has 6 heteroatoms. The Balaban J connectivity index is 1.71. The number of aliphatic imine (C=N–C) groups is 1. The number of para-hydroxylation sites is 1. The molecule has 0 bridgehead atoms. The van der Waals surface area contributed by atoms with Crippen molar-refractivity contribution in [2.75, 3.05) is 12.3 Å². The summed E-state index contributed by atoms with van der Waals surface area (Å²) in [4.78, 5) is 16.6. The summed E-state index contributed by atoms with van der Waals surface area (Å²) in [6, 6.07) is 15.1. The van der Waals surface area contributed by atoms with Crippen molar-refractivity contribution in [3.05, 3.63) is 64.1 Å². The van der Waals surface area contributed by atoms with Crippen molar-refractivity contribution in [2.45, 2.75) is 6.61 Å². The summed E-state index contributed by atoms with van der Waals surface area (Å²) in [5.74, 6) is 1.29. The van der Waals surface area contributed by atoms with E-state index in [9.17, 15) is 4.79 Å². The molecule has 1 aliphatic heterocycles. The first-order valence-corrected chi connectivity index (χ1v) is 8.95. The van der Waals surface area contributed by atoms with Crippen molar-refractivity contribution >= 4 is 38.8 Å². The molecule has 3 rings (SSSR count). The van der Waals surface area contributed by atoms with Crippen LogP contribution in [0.5, 0.6) is 5.75 Å². The molecule has 0 atom stereocenters. The Morgan fingerprint density at radius 1 is 1.26 bits per heavy atom. The van der Waals surface area contributed by atoms with Crippen LogP contribution in [0, 0.1) is 0 Å². The third-order valence-corrected chi connectivity index (χ3v) is 4.61. The summed E-state index contributed by atoms with van der Waals surface area (Å²) in [6.07, 6.45) is 0. The summed E-state index contributed by atoms with van der Waals surface area (Å²) in [5.41, 5.74) is 1.54. The third-order valence-electron chi connectivity index (χ3n) is 3.22. The minimum atomic E-state index is -0.192. The number of hydrogen-bond acceptors (Lipinski definition) is 4. The molecule has 0 radical (unpaired) electrons. The smallest absolute Gasteiger partial charge is 0.260 e. The number of amidine groups is 1. The molecule has 0 aliphatic carbocycles. The van der Waals surface area contributed by atoms with Gasteiger partial charge in [-0.1, -0.05) is 52.0 Å². The van der Waals surface area contributed by atoms with E-state index in [1.165, 1.54) is 0 Å². The van der Waals surface area contributed by atoms with Crippen LogP contribution in [0.25, 0.3) is 0 Å². The maximum absolute atomic E-state index is 12.4. The highest BCUT2D eigenvalue weighted by Crippen LogP contribution is 2.21. The van der Waals surface area contributed by atoms with E-state index >= 15 is 0 Å². The van der Waals surface area contributed by atoms with Crippen LogP contribution in [0.2, 0.25) is 0 Å². The van der Waals surface area contributed by atoms with E-state index in [4.69, 9.17) is 4.74 Å². The fraction of sp³-hybridized carbons (Fsp3) is 0.176. The molecule has 1 N–H and O–H groups in total. The van der Waals surface area contributed by atoms with Crippen molar-refractivity contribution in [2.24, 2.45) is 4.99 Å². The standard InChI is InChI=1S/C17H15BrN2O2S/c18-13-5-3-4-12(10-13)11-22-15-7-2-1-6-14(15)16(21)20-17-19-8-9-23-17/h1-7,10H,8-9,11H2,(H,19,20,21). The van der Waals surface area contributed by atoms with Gasteiger partial charge in [-0.15, -0.1) is 0 Å². The number of amides is 1. The average Bonchev–Trinajstić information content (AvgIpc) is 3.06. The van der Waals surface area contributed by atoms with Crippen LogP contribution in [0.15, 0.2) is 58.0 Å². The van der Waals surface area contributed by atoms with E-state index in [1.54, 1.807) is 23.9 Å². The van der Waals surface area contributed by atoms with Gasteiger partial charge >= 0.3 is 0 Å². The Labute approximate surface area is 147 Å². The van der Waals surface area contributed by atoms with Gasteiger partial charge in [-0.05, 0) is 29.8 Å². The fourth-order valence-electron chi connectivity index (χ4n) is 2.14. The van der Waals surface area contributed by atoms with Gasteiger partial charge < -0.3 is 10.1 Å². The summed E-state index contributed by atoms with van der Waals surface area (Å²) in [6.45, 7) is 1.15. The monoisotopic (exact) mass is 390 g/mol. The molecule has 0 saturated carbocycles. The lowest BCUT2D eigenvalue weighted by Gasteiger charge is -2.11. The van der Waals surface area contributed by atoms with E-state index in [-0.39, 0.29) is 5.91 Å². The lowest BCUT2D eigenvalue weighted by molar-refractivity contribution is 0.0973. The molecule has 118 valence electrons. The SMILES string of the molecule is O=C(NC1=NCCS1)c1ccccc1OCc1cccc(Br)c1. The van der Waals surface area contributed by atoms with Gasteiger partial charge in [0.05, 0.1) is 12.1 Å². The van der Waals surface area contributed by atoms with Gasteiger partial charge in [0.25, 0.3) is 5.91 Å². The number of carbonyl (C=O) groups is 1. The second kappa shape index (κ2) is 7.66. The number of carbonyl (C=O) groups excluding carboxylic acids is 1. The van der Waals surface area contributed by atoms with E-state index < -0.39 is 0 Å². The molecule has 1 aliphatic rings. The molecule has 23 heavy (non-hydrogen) atoms. The van der Waals surface area contributed by atoms with Crippen LogP contribution in [-0.4, -0.2) is 23.4 Å². The summed E-state index contributed by atoms with van der Waals surface area (Å²) >= 11 is 4.99. The number of ether oxygens (including phenoxy) is 1. The second-order valence-electron chi connectivity index (χ2n) is 4.90. The van der Waals surface area contributed by atoms with Crippen LogP contribution in [0.3, 0.4) is 0 Å². The highest BCUT2D eigenvalue weighted by Gasteiger charge is 2.16. The third kappa shape index (κ3) is 4.36. The Hall–Kier alpha value is -1.79. The molecule has 2 aromatic carbocycles. The van der Waals surface area contributed by atoms with Crippen LogP contribution in [-0.2, 0) is 6.61 Å². The molecule has 2 aromatic rings. The summed E-state index contributed by atoms with van der Waals surface area (Å²) < 4.78 is 6.84. The number of benzene rings is 2.